The van der Waals surface area contributed by atoms with E-state index in [1.54, 1.807) is 0 Å². The van der Waals surface area contributed by atoms with Gasteiger partial charge in [-0.15, -0.1) is 0 Å². The summed E-state index contributed by atoms with van der Waals surface area (Å²) < 4.78 is 4.99. The van der Waals surface area contributed by atoms with Gasteiger partial charge in [-0.2, -0.15) is 0 Å². The topological polar surface area (TPSA) is 49.8 Å². The number of carbonyl (C=O) groups excluding carboxylic acids is 1. The van der Waals surface area contributed by atoms with Crippen molar-refractivity contribution in [1.29, 1.82) is 0 Å². The van der Waals surface area contributed by atoms with Gasteiger partial charge < -0.3 is 9.84 Å². The fourth-order valence-corrected chi connectivity index (χ4v) is 1.44. The molecule has 13 heavy (non-hydrogen) atoms. The lowest BCUT2D eigenvalue weighted by atomic mass is 10.3. The van der Waals surface area contributed by atoms with E-state index in [-0.39, 0.29) is 18.2 Å². The van der Waals surface area contributed by atoms with Crippen molar-refractivity contribution in [2.75, 3.05) is 19.6 Å². The molecule has 1 aliphatic heterocycles. The third-order valence-corrected chi connectivity index (χ3v) is 1.97. The minimum absolute atomic E-state index is 0.0555. The van der Waals surface area contributed by atoms with E-state index in [4.69, 9.17) is 4.74 Å². The standard InChI is InChI=1S/C9H17NO3/c1-7(2)13-9(12)6-10-4-3-8(11)5-10/h7-8,11H,3-6H2,1-2H3/t8-/m0/s1. The average molecular weight is 187 g/mol. The van der Waals surface area contributed by atoms with Crippen molar-refractivity contribution in [3.63, 3.8) is 0 Å². The van der Waals surface area contributed by atoms with Crippen LogP contribution in [0.2, 0.25) is 0 Å². The maximum atomic E-state index is 11.2. The molecule has 1 N–H and O–H groups in total. The Labute approximate surface area is 78.5 Å². The van der Waals surface area contributed by atoms with Gasteiger partial charge in [-0.1, -0.05) is 0 Å². The van der Waals surface area contributed by atoms with E-state index in [0.717, 1.165) is 13.0 Å². The van der Waals surface area contributed by atoms with E-state index < -0.39 is 0 Å². The molecule has 0 spiro atoms. The molecule has 1 saturated heterocycles. The molecule has 0 amide bonds. The number of hydrogen-bond donors (Lipinski definition) is 1. The largest absolute Gasteiger partial charge is 0.462 e. The molecule has 0 aromatic rings. The number of esters is 1. The lowest BCUT2D eigenvalue weighted by Crippen LogP contribution is -2.30. The summed E-state index contributed by atoms with van der Waals surface area (Å²) in [5.41, 5.74) is 0. The van der Waals surface area contributed by atoms with Crippen LogP contribution in [0, 0.1) is 0 Å². The molecule has 0 radical (unpaired) electrons. The molecule has 0 bridgehead atoms. The number of likely N-dealkylation sites (tertiary alicyclic amines) is 1. The van der Waals surface area contributed by atoms with Crippen molar-refractivity contribution in [3.05, 3.63) is 0 Å². The third-order valence-electron chi connectivity index (χ3n) is 1.97. The van der Waals surface area contributed by atoms with Crippen LogP contribution in [-0.4, -0.2) is 47.8 Å². The van der Waals surface area contributed by atoms with Crippen LogP contribution in [0.4, 0.5) is 0 Å². The van der Waals surface area contributed by atoms with Crippen LogP contribution < -0.4 is 0 Å². The highest BCUT2D eigenvalue weighted by molar-refractivity contribution is 5.71. The minimum Gasteiger partial charge on any atom is -0.462 e. The van der Waals surface area contributed by atoms with Crippen LogP contribution in [0.25, 0.3) is 0 Å². The van der Waals surface area contributed by atoms with Gasteiger partial charge in [-0.3, -0.25) is 9.69 Å². The van der Waals surface area contributed by atoms with Crippen LogP contribution in [0.5, 0.6) is 0 Å². The summed E-state index contributed by atoms with van der Waals surface area (Å²) >= 11 is 0. The highest BCUT2D eigenvalue weighted by Crippen LogP contribution is 2.08. The Kier molecular flexibility index (Phi) is 3.69. The number of hydrogen-bond acceptors (Lipinski definition) is 4. The Balaban J connectivity index is 2.21. The van der Waals surface area contributed by atoms with E-state index in [0.29, 0.717) is 13.1 Å². The highest BCUT2D eigenvalue weighted by Gasteiger charge is 2.22. The van der Waals surface area contributed by atoms with E-state index in [9.17, 15) is 9.90 Å². The maximum Gasteiger partial charge on any atom is 0.320 e. The minimum atomic E-state index is -0.271. The molecule has 1 atom stereocenters. The number of carbonyl (C=O) groups is 1. The summed E-state index contributed by atoms with van der Waals surface area (Å²) in [5.74, 6) is -0.205. The van der Waals surface area contributed by atoms with E-state index >= 15 is 0 Å². The molecular formula is C9H17NO3. The predicted molar refractivity (Wildman–Crippen MR) is 48.3 cm³/mol. The Morgan fingerprint density at radius 1 is 1.69 bits per heavy atom. The predicted octanol–water partition coefficient (Wildman–Crippen LogP) is 0.00460. The Morgan fingerprint density at radius 2 is 2.38 bits per heavy atom. The Morgan fingerprint density at radius 3 is 2.85 bits per heavy atom. The molecule has 0 saturated carbocycles. The molecule has 1 heterocycles. The molecule has 0 aromatic heterocycles. The summed E-state index contributed by atoms with van der Waals surface area (Å²) in [4.78, 5) is 13.1. The fraction of sp³-hybridized carbons (Fsp3) is 0.889. The second-order valence-corrected chi connectivity index (χ2v) is 3.72. The highest BCUT2D eigenvalue weighted by atomic mass is 16.5. The first-order valence-corrected chi connectivity index (χ1v) is 4.68. The number of β-amino-alcohol motifs (C(OH)–C–C–N with tert-alkyl or cyclic N) is 1. The fourth-order valence-electron chi connectivity index (χ4n) is 1.44. The van der Waals surface area contributed by atoms with Crippen molar-refractivity contribution in [2.24, 2.45) is 0 Å². The first kappa shape index (κ1) is 10.5. The third kappa shape index (κ3) is 3.74. The molecule has 4 heteroatoms. The molecular weight excluding hydrogens is 170 g/mol. The van der Waals surface area contributed by atoms with Crippen molar-refractivity contribution in [3.8, 4) is 0 Å². The average Bonchev–Trinajstić information content (AvgIpc) is 2.33. The first-order valence-electron chi connectivity index (χ1n) is 4.68. The van der Waals surface area contributed by atoms with Crippen LogP contribution in [-0.2, 0) is 9.53 Å². The SMILES string of the molecule is CC(C)OC(=O)CN1CC[C@H](O)C1. The van der Waals surface area contributed by atoms with Gasteiger partial charge in [0.2, 0.25) is 0 Å². The van der Waals surface area contributed by atoms with Crippen LogP contribution in [0.15, 0.2) is 0 Å². The van der Waals surface area contributed by atoms with Gasteiger partial charge >= 0.3 is 5.97 Å². The van der Waals surface area contributed by atoms with E-state index in [1.165, 1.54) is 0 Å². The molecule has 0 unspecified atom stereocenters. The molecule has 1 fully saturated rings. The summed E-state index contributed by atoms with van der Waals surface area (Å²) in [6, 6.07) is 0. The second kappa shape index (κ2) is 4.58. The molecule has 1 aliphatic rings. The van der Waals surface area contributed by atoms with Gasteiger partial charge in [0.1, 0.15) is 0 Å². The Bertz CT molecular complexity index is 182. The lowest BCUT2D eigenvalue weighted by molar-refractivity contribution is -0.148. The lowest BCUT2D eigenvalue weighted by Gasteiger charge is -2.15. The normalized spacial score (nSPS) is 23.8. The second-order valence-electron chi connectivity index (χ2n) is 3.72. The summed E-state index contributed by atoms with van der Waals surface area (Å²) in [6.07, 6.45) is 0.432. The zero-order valence-corrected chi connectivity index (χ0v) is 8.19. The van der Waals surface area contributed by atoms with Crippen molar-refractivity contribution in [2.45, 2.75) is 32.5 Å². The molecule has 0 aromatic carbocycles. The number of rotatable bonds is 3. The van der Waals surface area contributed by atoms with Crippen molar-refractivity contribution < 1.29 is 14.6 Å². The maximum absolute atomic E-state index is 11.2. The summed E-state index contributed by atoms with van der Waals surface area (Å²) in [7, 11) is 0. The van der Waals surface area contributed by atoms with Gasteiger partial charge in [0.15, 0.2) is 0 Å². The van der Waals surface area contributed by atoms with Crippen LogP contribution in [0.1, 0.15) is 20.3 Å². The van der Waals surface area contributed by atoms with Gasteiger partial charge in [-0.25, -0.2) is 0 Å². The quantitative estimate of drug-likeness (QED) is 0.632. The smallest absolute Gasteiger partial charge is 0.320 e. The van der Waals surface area contributed by atoms with Gasteiger partial charge in [-0.05, 0) is 20.3 Å². The van der Waals surface area contributed by atoms with Crippen LogP contribution >= 0.6 is 0 Å². The molecule has 1 rings (SSSR count). The number of aliphatic hydroxyl groups excluding tert-OH is 1. The van der Waals surface area contributed by atoms with E-state index in [1.807, 2.05) is 18.7 Å². The zero-order valence-electron chi connectivity index (χ0n) is 8.19. The van der Waals surface area contributed by atoms with E-state index in [2.05, 4.69) is 0 Å². The monoisotopic (exact) mass is 187 g/mol. The summed E-state index contributed by atoms with van der Waals surface area (Å²) in [6.45, 7) is 5.34. The van der Waals surface area contributed by atoms with Crippen molar-refractivity contribution in [1.82, 2.24) is 4.90 Å². The Hall–Kier alpha value is -0.610. The molecule has 76 valence electrons. The number of nitrogens with zero attached hydrogens (tertiary/aromatic N) is 1. The zero-order chi connectivity index (χ0) is 9.84. The van der Waals surface area contributed by atoms with Gasteiger partial charge in [0.05, 0.1) is 18.8 Å². The molecule has 4 nitrogen and oxygen atoms in total. The van der Waals surface area contributed by atoms with Crippen LogP contribution in [0.3, 0.4) is 0 Å². The first-order chi connectivity index (χ1) is 6.08. The number of aliphatic hydroxyl groups is 1. The molecule has 0 aliphatic carbocycles. The van der Waals surface area contributed by atoms with Crippen molar-refractivity contribution >= 4 is 5.97 Å². The number of ether oxygens (including phenoxy) is 1. The van der Waals surface area contributed by atoms with Gasteiger partial charge in [0.25, 0.3) is 0 Å². The van der Waals surface area contributed by atoms with Gasteiger partial charge in [0, 0.05) is 13.1 Å². The summed E-state index contributed by atoms with van der Waals surface area (Å²) in [5, 5.41) is 9.20.